The van der Waals surface area contributed by atoms with Crippen LogP contribution in [0.2, 0.25) is 0 Å². The number of carbonyl (C=O) groups is 2. The van der Waals surface area contributed by atoms with Gasteiger partial charge in [0.2, 0.25) is 0 Å². The number of carbonyl (C=O) groups excluding carboxylic acids is 2. The molecule has 0 atom stereocenters. The lowest BCUT2D eigenvalue weighted by Crippen LogP contribution is -2.50. The Bertz CT molecular complexity index is 1030. The van der Waals surface area contributed by atoms with Gasteiger partial charge < -0.3 is 9.88 Å². The lowest BCUT2D eigenvalue weighted by atomic mass is 9.96. The summed E-state index contributed by atoms with van der Waals surface area (Å²) in [4.78, 5) is 32.6. The Labute approximate surface area is 183 Å². The van der Waals surface area contributed by atoms with E-state index in [0.29, 0.717) is 24.3 Å². The summed E-state index contributed by atoms with van der Waals surface area (Å²) in [5, 5.41) is 0. The highest BCUT2D eigenvalue weighted by molar-refractivity contribution is 6.02. The fourth-order valence-corrected chi connectivity index (χ4v) is 4.72. The van der Waals surface area contributed by atoms with Crippen LogP contribution in [0.25, 0.3) is 0 Å². The van der Waals surface area contributed by atoms with Crippen molar-refractivity contribution in [2.75, 3.05) is 26.2 Å². The van der Waals surface area contributed by atoms with Crippen molar-refractivity contribution in [1.29, 1.82) is 0 Å². The third-order valence-corrected chi connectivity index (χ3v) is 6.20. The number of Topliss-reactive ketones (excluding diaryl/α,β-unsaturated/α-hetero) is 1. The van der Waals surface area contributed by atoms with Gasteiger partial charge >= 0.3 is 0 Å². The summed E-state index contributed by atoms with van der Waals surface area (Å²) in [6, 6.07) is 21.2. The van der Waals surface area contributed by atoms with E-state index in [1.165, 1.54) is 11.1 Å². The molecule has 1 aliphatic heterocycles. The van der Waals surface area contributed by atoms with E-state index in [1.807, 2.05) is 30.9 Å². The maximum absolute atomic E-state index is 13.2. The van der Waals surface area contributed by atoms with E-state index >= 15 is 0 Å². The summed E-state index contributed by atoms with van der Waals surface area (Å²) in [6.45, 7) is 8.14. The highest BCUT2D eigenvalue weighted by atomic mass is 16.2. The molecule has 1 N–H and O–H groups in total. The number of H-pyrrole nitrogens is 1. The second-order valence-corrected chi connectivity index (χ2v) is 8.23. The first-order valence-electron chi connectivity index (χ1n) is 10.8. The van der Waals surface area contributed by atoms with Gasteiger partial charge in [0, 0.05) is 37.4 Å². The molecule has 160 valence electrons. The average Bonchev–Trinajstić information content (AvgIpc) is 3.09. The van der Waals surface area contributed by atoms with Crippen molar-refractivity contribution >= 4 is 11.7 Å². The van der Waals surface area contributed by atoms with Gasteiger partial charge in [-0.3, -0.25) is 14.5 Å². The summed E-state index contributed by atoms with van der Waals surface area (Å²) in [7, 11) is 0. The molecule has 1 aromatic heterocycles. The van der Waals surface area contributed by atoms with Gasteiger partial charge in [0.1, 0.15) is 5.69 Å². The molecule has 3 aromatic rings. The van der Waals surface area contributed by atoms with E-state index in [4.69, 9.17) is 0 Å². The van der Waals surface area contributed by atoms with Crippen molar-refractivity contribution in [2.24, 2.45) is 0 Å². The highest BCUT2D eigenvalue weighted by Crippen LogP contribution is 2.30. The zero-order valence-electron chi connectivity index (χ0n) is 18.4. The Kier molecular flexibility index (Phi) is 6.05. The number of aryl methyl sites for hydroxylation is 1. The Hall–Kier alpha value is -3.18. The van der Waals surface area contributed by atoms with E-state index in [1.54, 1.807) is 6.92 Å². The van der Waals surface area contributed by atoms with Crippen LogP contribution in [0.5, 0.6) is 0 Å². The Balaban J connectivity index is 1.53. The van der Waals surface area contributed by atoms with Gasteiger partial charge in [0.05, 0.1) is 6.04 Å². The lowest BCUT2D eigenvalue weighted by molar-refractivity contribution is 0.0591. The smallest absolute Gasteiger partial charge is 0.270 e. The minimum Gasteiger partial charge on any atom is -0.354 e. The summed E-state index contributed by atoms with van der Waals surface area (Å²) in [5.74, 6) is -0.0348. The Morgan fingerprint density at radius 2 is 1.35 bits per heavy atom. The number of aromatic nitrogens is 1. The SMILES string of the molecule is CC(=O)c1c(C)[nH]c(C(=O)N2CCN(C(c3ccccc3)c3ccccc3)CC2)c1C. The number of nitrogens with one attached hydrogen (secondary N) is 1. The Morgan fingerprint density at radius 1 is 0.839 bits per heavy atom. The number of nitrogens with zero attached hydrogens (tertiary/aromatic N) is 2. The topological polar surface area (TPSA) is 56.4 Å². The van der Waals surface area contributed by atoms with Crippen molar-refractivity contribution in [3.8, 4) is 0 Å². The molecule has 5 heteroatoms. The molecular weight excluding hydrogens is 386 g/mol. The van der Waals surface area contributed by atoms with Crippen LogP contribution in [-0.2, 0) is 0 Å². The summed E-state index contributed by atoms with van der Waals surface area (Å²) < 4.78 is 0. The number of piperazine rings is 1. The van der Waals surface area contributed by atoms with Crippen LogP contribution in [0.4, 0.5) is 0 Å². The summed E-state index contributed by atoms with van der Waals surface area (Å²) in [5.41, 5.74) is 5.21. The zero-order valence-corrected chi connectivity index (χ0v) is 18.4. The Morgan fingerprint density at radius 3 is 1.81 bits per heavy atom. The first-order chi connectivity index (χ1) is 15.0. The molecule has 1 aliphatic rings. The fraction of sp³-hybridized carbons (Fsp3) is 0.308. The van der Waals surface area contributed by atoms with Gasteiger partial charge in [0.15, 0.2) is 5.78 Å². The van der Waals surface area contributed by atoms with Crippen LogP contribution in [-0.4, -0.2) is 52.7 Å². The maximum atomic E-state index is 13.2. The molecule has 4 rings (SSSR count). The number of aromatic amines is 1. The van der Waals surface area contributed by atoms with Crippen LogP contribution in [0.3, 0.4) is 0 Å². The third kappa shape index (κ3) is 4.19. The van der Waals surface area contributed by atoms with Crippen LogP contribution < -0.4 is 0 Å². The van der Waals surface area contributed by atoms with Crippen LogP contribution >= 0.6 is 0 Å². The predicted molar refractivity (Wildman–Crippen MR) is 122 cm³/mol. The predicted octanol–water partition coefficient (Wildman–Crippen LogP) is 4.38. The van der Waals surface area contributed by atoms with Gasteiger partial charge in [-0.15, -0.1) is 0 Å². The van der Waals surface area contributed by atoms with E-state index < -0.39 is 0 Å². The molecular formula is C26H29N3O2. The number of hydrogen-bond acceptors (Lipinski definition) is 3. The third-order valence-electron chi connectivity index (χ3n) is 6.20. The normalized spacial score (nSPS) is 14.8. The number of benzene rings is 2. The number of ketones is 1. The van der Waals surface area contributed by atoms with Crippen molar-refractivity contribution in [3.63, 3.8) is 0 Å². The lowest BCUT2D eigenvalue weighted by Gasteiger charge is -2.39. The van der Waals surface area contributed by atoms with Gasteiger partial charge in [-0.05, 0) is 37.5 Å². The van der Waals surface area contributed by atoms with Gasteiger partial charge in [-0.2, -0.15) is 0 Å². The van der Waals surface area contributed by atoms with E-state index in [9.17, 15) is 9.59 Å². The second-order valence-electron chi connectivity index (χ2n) is 8.23. The molecule has 1 amide bonds. The second kappa shape index (κ2) is 8.90. The van der Waals surface area contributed by atoms with Crippen molar-refractivity contribution in [1.82, 2.24) is 14.8 Å². The van der Waals surface area contributed by atoms with E-state index in [2.05, 4.69) is 58.4 Å². The first-order valence-corrected chi connectivity index (χ1v) is 10.8. The van der Waals surface area contributed by atoms with Crippen molar-refractivity contribution in [3.05, 3.63) is 94.3 Å². The number of rotatable bonds is 5. The molecule has 0 spiro atoms. The van der Waals surface area contributed by atoms with E-state index in [0.717, 1.165) is 24.3 Å². The molecule has 1 saturated heterocycles. The maximum Gasteiger partial charge on any atom is 0.270 e. The molecule has 1 fully saturated rings. The molecule has 0 radical (unpaired) electrons. The molecule has 0 saturated carbocycles. The zero-order chi connectivity index (χ0) is 22.0. The number of hydrogen-bond donors (Lipinski definition) is 1. The molecule has 2 heterocycles. The first kappa shape index (κ1) is 21.1. The van der Waals surface area contributed by atoms with Crippen LogP contribution in [0, 0.1) is 13.8 Å². The van der Waals surface area contributed by atoms with Gasteiger partial charge in [0.25, 0.3) is 5.91 Å². The van der Waals surface area contributed by atoms with E-state index in [-0.39, 0.29) is 17.7 Å². The molecule has 31 heavy (non-hydrogen) atoms. The monoisotopic (exact) mass is 415 g/mol. The minimum absolute atomic E-state index is 0.0105. The minimum atomic E-state index is -0.0243. The fourth-order valence-electron chi connectivity index (χ4n) is 4.72. The molecule has 2 aromatic carbocycles. The molecule has 0 aliphatic carbocycles. The summed E-state index contributed by atoms with van der Waals surface area (Å²) in [6.07, 6.45) is 0. The molecule has 5 nitrogen and oxygen atoms in total. The van der Waals surface area contributed by atoms with Crippen LogP contribution in [0.1, 0.15) is 56.2 Å². The van der Waals surface area contributed by atoms with Gasteiger partial charge in [-0.1, -0.05) is 60.7 Å². The van der Waals surface area contributed by atoms with Gasteiger partial charge in [-0.25, -0.2) is 0 Å². The average molecular weight is 416 g/mol. The molecule has 0 unspecified atom stereocenters. The molecule has 0 bridgehead atoms. The van der Waals surface area contributed by atoms with Crippen molar-refractivity contribution < 1.29 is 9.59 Å². The highest BCUT2D eigenvalue weighted by Gasteiger charge is 2.30. The number of amides is 1. The van der Waals surface area contributed by atoms with Crippen LogP contribution in [0.15, 0.2) is 60.7 Å². The summed E-state index contributed by atoms with van der Waals surface area (Å²) >= 11 is 0. The standard InChI is InChI=1S/C26H29N3O2/c1-18-23(20(3)30)19(2)27-24(18)26(31)29-16-14-28(15-17-29)25(21-10-6-4-7-11-21)22-12-8-5-9-13-22/h4-13,25,27H,14-17H2,1-3H3. The van der Waals surface area contributed by atoms with Crippen molar-refractivity contribution in [2.45, 2.75) is 26.8 Å². The quantitative estimate of drug-likeness (QED) is 0.629. The largest absolute Gasteiger partial charge is 0.354 e.